The van der Waals surface area contributed by atoms with Gasteiger partial charge in [-0.3, -0.25) is 0 Å². The molecule has 762 valence electrons. The van der Waals surface area contributed by atoms with Crippen molar-refractivity contribution in [2.24, 2.45) is 39.5 Å². The van der Waals surface area contributed by atoms with Gasteiger partial charge in [-0.2, -0.15) is 5.26 Å². The lowest BCUT2D eigenvalue weighted by Crippen LogP contribution is -2.48. The molecule has 0 amide bonds. The molecule has 145 heavy (non-hydrogen) atoms. The highest BCUT2D eigenvalue weighted by Crippen LogP contribution is 2.56. The Morgan fingerprint density at radius 1 is 0.386 bits per heavy atom. The number of aromatic nitrogens is 12. The van der Waals surface area contributed by atoms with Crippen molar-refractivity contribution in [2.75, 3.05) is 130 Å². The van der Waals surface area contributed by atoms with Crippen molar-refractivity contribution in [3.05, 3.63) is 222 Å². The number of fused-ring (bicyclic) bond motifs is 2. The molecule has 15 heterocycles. The minimum absolute atomic E-state index is 0.110. The normalized spacial score (nSPS) is 18.7. The van der Waals surface area contributed by atoms with Crippen LogP contribution in [0.5, 0.6) is 0 Å². The van der Waals surface area contributed by atoms with Crippen LogP contribution in [0.15, 0.2) is 190 Å². The van der Waals surface area contributed by atoms with Crippen molar-refractivity contribution in [3.63, 3.8) is 0 Å². The van der Waals surface area contributed by atoms with Crippen molar-refractivity contribution < 1.29 is 15.3 Å². The van der Waals surface area contributed by atoms with Gasteiger partial charge in [-0.1, -0.05) is 165 Å². The zero-order valence-corrected chi connectivity index (χ0v) is 88.7. The van der Waals surface area contributed by atoms with Crippen molar-refractivity contribution >= 4 is 186 Å². The summed E-state index contributed by atoms with van der Waals surface area (Å²) < 4.78 is 0. The minimum atomic E-state index is -0.230. The van der Waals surface area contributed by atoms with E-state index < -0.39 is 0 Å². The van der Waals surface area contributed by atoms with Gasteiger partial charge in [0.15, 0.2) is 16.8 Å². The van der Waals surface area contributed by atoms with E-state index in [2.05, 4.69) is 143 Å². The molecular formula is C102H121Cl5N30O3S5. The number of benzene rings is 2. The molecule has 2 atom stereocenters. The third-order valence-electron chi connectivity index (χ3n) is 28.8. The highest BCUT2D eigenvalue weighted by Gasteiger charge is 2.48. The van der Waals surface area contributed by atoms with Crippen LogP contribution in [0.2, 0.25) is 25.6 Å². The molecule has 2 aromatic carbocycles. The Balaban J connectivity index is 0.000000125. The van der Waals surface area contributed by atoms with Gasteiger partial charge in [0.2, 0.25) is 0 Å². The fourth-order valence-electron chi connectivity index (χ4n) is 20.0. The van der Waals surface area contributed by atoms with Gasteiger partial charge >= 0.3 is 0 Å². The summed E-state index contributed by atoms with van der Waals surface area (Å²) in [6.07, 6.45) is 28.0. The van der Waals surface area contributed by atoms with Crippen molar-refractivity contribution in [1.82, 2.24) is 59.8 Å². The smallest absolute Gasteiger partial charge is 0.158 e. The summed E-state index contributed by atoms with van der Waals surface area (Å²) in [5.41, 5.74) is 89.6. The van der Waals surface area contributed by atoms with E-state index in [1.165, 1.54) is 87.3 Å². The van der Waals surface area contributed by atoms with E-state index >= 15 is 0 Å². The third kappa shape index (κ3) is 24.5. The quantitative estimate of drug-likeness (QED) is 0.0315. The van der Waals surface area contributed by atoms with Gasteiger partial charge in [0, 0.05) is 161 Å². The Morgan fingerprint density at radius 3 is 1.13 bits per heavy atom. The molecule has 5 aliphatic heterocycles. The van der Waals surface area contributed by atoms with Gasteiger partial charge in [0.05, 0.1) is 94.1 Å². The first kappa shape index (κ1) is 106. The van der Waals surface area contributed by atoms with Crippen molar-refractivity contribution in [1.29, 1.82) is 5.26 Å². The zero-order chi connectivity index (χ0) is 103. The number of nitriles is 1. The molecule has 27 N–H and O–H groups in total. The lowest BCUT2D eigenvalue weighted by Gasteiger charge is -2.42. The second-order valence-electron chi connectivity index (χ2n) is 39.4. The Bertz CT molecular complexity index is 6420. The molecule has 21 rings (SSSR count). The Morgan fingerprint density at radius 2 is 0.731 bits per heavy atom. The van der Waals surface area contributed by atoms with Crippen LogP contribution in [-0.4, -0.2) is 157 Å². The van der Waals surface area contributed by atoms with Gasteiger partial charge in [0.1, 0.15) is 69.7 Å². The van der Waals surface area contributed by atoms with E-state index in [0.29, 0.717) is 109 Å². The number of pyridine rings is 8. The number of nitrogens with two attached hydrogens (primary N) is 12. The monoisotopic (exact) mass is 2150 g/mol. The highest BCUT2D eigenvalue weighted by molar-refractivity contribution is 8.00. The number of anilines is 12. The molecule has 0 unspecified atom stereocenters. The van der Waals surface area contributed by atoms with E-state index in [1.54, 1.807) is 61.2 Å². The molecule has 33 nitrogen and oxygen atoms in total. The Labute approximate surface area is 890 Å². The fraction of sp³-hybridized carbons (Fsp3) is 0.402. The number of nitrogen functional groups attached to an aromatic ring is 7. The molecule has 4 aliphatic carbocycles. The first-order valence-corrected chi connectivity index (χ1v) is 54.3. The molecular weight excluding hydrogens is 2030 g/mol. The van der Waals surface area contributed by atoms with E-state index in [0.717, 1.165) is 228 Å². The lowest BCUT2D eigenvalue weighted by molar-refractivity contribution is 0.187. The first-order valence-electron chi connectivity index (χ1n) is 48.3. The topological polar surface area (TPSA) is 568 Å². The summed E-state index contributed by atoms with van der Waals surface area (Å²) in [4.78, 5) is 68.1. The van der Waals surface area contributed by atoms with Crippen LogP contribution in [0.25, 0.3) is 0 Å². The van der Waals surface area contributed by atoms with Crippen LogP contribution in [0.3, 0.4) is 0 Å². The summed E-state index contributed by atoms with van der Waals surface area (Å²) in [5.74, 6) is 4.20. The molecule has 12 aromatic rings. The van der Waals surface area contributed by atoms with Gasteiger partial charge in [-0.05, 0) is 217 Å². The number of aliphatic hydroxyl groups excluding tert-OH is 3. The summed E-state index contributed by atoms with van der Waals surface area (Å²) in [6, 6.07) is 34.1. The number of hydrogen-bond donors (Lipinski definition) is 15. The number of aliphatic hydroxyl groups is 3. The maximum Gasteiger partial charge on any atom is 0.158 e. The van der Waals surface area contributed by atoms with Crippen LogP contribution in [0.4, 0.5) is 68.9 Å². The summed E-state index contributed by atoms with van der Waals surface area (Å²) in [7, 11) is 0. The third-order valence-corrected chi connectivity index (χ3v) is 35.7. The summed E-state index contributed by atoms with van der Waals surface area (Å²) in [6.45, 7) is 13.8. The predicted molar refractivity (Wildman–Crippen MR) is 585 cm³/mol. The highest BCUT2D eigenvalue weighted by atomic mass is 35.5. The predicted octanol–water partition coefficient (Wildman–Crippen LogP) is 17.0. The van der Waals surface area contributed by atoms with Crippen LogP contribution in [0, 0.1) is 22.2 Å². The molecule has 2 saturated carbocycles. The number of hydrogen-bond acceptors (Lipinski definition) is 38. The van der Waals surface area contributed by atoms with Crippen LogP contribution >= 0.6 is 117 Å². The maximum atomic E-state index is 9.85. The molecule has 7 fully saturated rings. The number of nitrogens with zero attached hydrogens (tertiary/aromatic N) is 18. The molecule has 43 heteroatoms. The van der Waals surface area contributed by atoms with Gasteiger partial charge in [-0.15, -0.1) is 0 Å². The van der Waals surface area contributed by atoms with Crippen molar-refractivity contribution in [2.45, 2.75) is 233 Å². The van der Waals surface area contributed by atoms with Gasteiger partial charge in [-0.25, -0.2) is 59.8 Å². The molecule has 2 spiro atoms. The van der Waals surface area contributed by atoms with Gasteiger partial charge < -0.3 is 109 Å². The second-order valence-corrected chi connectivity index (χ2v) is 46.4. The first-order chi connectivity index (χ1) is 69.5. The second kappa shape index (κ2) is 45.5. The van der Waals surface area contributed by atoms with Crippen LogP contribution < -0.4 is 93.3 Å². The number of rotatable bonds is 20. The van der Waals surface area contributed by atoms with E-state index in [-0.39, 0.29) is 80.4 Å². The van der Waals surface area contributed by atoms with Crippen molar-refractivity contribution in [3.8, 4) is 6.07 Å². The largest absolute Gasteiger partial charge is 0.397 e. The average Bonchev–Trinajstić information content (AvgIpc) is 1.57. The zero-order valence-electron chi connectivity index (χ0n) is 80.8. The van der Waals surface area contributed by atoms with E-state index in [9.17, 15) is 20.6 Å². The molecule has 0 bridgehead atoms. The SMILES string of the molecule is CC1(N)CCN(c2c(N)cc(Sc3ccnc(Cl)c3C#N)nc2CO)CC1.CC1(N)CCN(c2c(N)cc(Sc3ccnc(Cl)c3Cl)nc2CO)CC1.CC1(N)CCN(c2c(N)cc(Sc3ccnc(Cl)c3N)nc2CO)CC1.Nc1nc(N2CCC3(CC2)Cc2ccccc2[C@H]3N)cnc1Sc1ccnc(Cl)c1C1CC1.Nc1nc(N2CCC3(CC2)Cc2ccccc2[C@H]3N)cnc1Sc1ccnc(N)c1C1CC1. The van der Waals surface area contributed by atoms with Crippen LogP contribution in [0.1, 0.15) is 191 Å². The average molecular weight is 2150 g/mol. The van der Waals surface area contributed by atoms with E-state index in [1.807, 2.05) is 31.5 Å². The standard InChI is InChI=1S/C25H27ClN6S.C25H29N7S.C18H21ClN6OS.C17H21Cl2N5OS.C17H23ClN6OS/c26-22-20(15-5-6-15)18(7-10-29-22)33-24-23(28)31-19(14-30-24)32-11-8-25(9-12-32)13-16-3-1-2-4-17(16)21(25)27;26-21-17-4-2-1-3-16(17)13-25(21)8-11-32(12-9-25)19-14-30-24(23(28)31-19)33-18-7-10-29-22(27)20(18)15-5-6-15;1-18(22)3-6-25(7-4-18)16-12(21)8-15(24-13(16)10-26)27-14-2-5-23-17(19)11(14)9-20;1-17(21)3-6-24(7-4-17)15-10(20)8-13(23-11(15)9-25)26-12-2-5-22-16(19)14(12)18;1-17(21)3-6-24(7-4-17)15-10(19)8-13(23-11(15)9-25)26-12-2-5-22-16(18)14(12)20/h1-4,7,10,14-15,21H,5-6,8-9,11-13,27H2,(H2,28,31);1-4,7,10,14-15,21H,5-6,8-9,11-13,26H2,(H2,27,29)(H2,28,31);2,5,8,26H,3-4,6-7,10,22H2,1H3,(H2,21,24);2,5,8,25H,3-4,6-7,9,21H2,1H3,(H2,20,23);2,5,8,25H,3-4,6-7,9,20-21H2,1H3,(H2,19,23)/t2*21-;;;/m11.../s1. The van der Waals surface area contributed by atoms with Gasteiger partial charge in [0.25, 0.3) is 0 Å². The van der Waals surface area contributed by atoms with Crippen LogP contribution in [-0.2, 0) is 32.7 Å². The minimum Gasteiger partial charge on any atom is -0.397 e. The summed E-state index contributed by atoms with van der Waals surface area (Å²) in [5, 5.41) is 43.7. The lowest BCUT2D eigenvalue weighted by atomic mass is 9.73. The molecule has 10 aromatic heterocycles. The Kier molecular flexibility index (Phi) is 33.3. The summed E-state index contributed by atoms with van der Waals surface area (Å²) >= 11 is 37.5. The molecule has 5 saturated heterocycles. The molecule has 0 radical (unpaired) electrons. The number of halogens is 5. The number of piperidine rings is 5. The Hall–Kier alpha value is -10.2. The fourth-order valence-corrected chi connectivity index (χ4v) is 26.0. The van der Waals surface area contributed by atoms with E-state index in [4.69, 9.17) is 137 Å². The maximum absolute atomic E-state index is 9.85. The molecule has 9 aliphatic rings.